The first-order chi connectivity index (χ1) is 9.72. The fraction of sp³-hybridized carbons (Fsp3) is 0.647. The van der Waals surface area contributed by atoms with Gasteiger partial charge in [-0.3, -0.25) is 0 Å². The Hall–Kier alpha value is 0.390. The van der Waals surface area contributed by atoms with Crippen LogP contribution >= 0.6 is 38.5 Å². The summed E-state index contributed by atoms with van der Waals surface area (Å²) >= 11 is 6.13. The van der Waals surface area contributed by atoms with Crippen LogP contribution in [0.3, 0.4) is 0 Å². The largest absolute Gasteiger partial charge is 0.310 e. The van der Waals surface area contributed by atoms with Crippen molar-refractivity contribution in [2.24, 2.45) is 5.92 Å². The molecule has 0 bridgehead atoms. The van der Waals surface area contributed by atoms with E-state index in [4.69, 9.17) is 0 Å². The van der Waals surface area contributed by atoms with Crippen LogP contribution in [0.4, 0.5) is 0 Å². The average Bonchev–Trinajstić information content (AvgIpc) is 2.72. The van der Waals surface area contributed by atoms with Crippen LogP contribution in [0.5, 0.6) is 0 Å². The van der Waals surface area contributed by atoms with Gasteiger partial charge in [0.15, 0.2) is 0 Å². The van der Waals surface area contributed by atoms with Gasteiger partial charge >= 0.3 is 0 Å². The van der Waals surface area contributed by atoms with Crippen molar-refractivity contribution in [1.29, 1.82) is 0 Å². The van der Waals surface area contributed by atoms with Crippen LogP contribution in [-0.2, 0) is 0 Å². The summed E-state index contributed by atoms with van der Waals surface area (Å²) < 4.78 is 2.59. The van der Waals surface area contributed by atoms with Gasteiger partial charge in [-0.1, -0.05) is 48.5 Å². The van der Waals surface area contributed by atoms with Gasteiger partial charge in [-0.05, 0) is 78.1 Å². The smallest absolute Gasteiger partial charge is 0.0359 e. The molecule has 1 nitrogen and oxygen atoms in total. The zero-order valence-corrected chi connectivity index (χ0v) is 16.0. The number of hydrogen-bond acceptors (Lipinski definition) is 1. The molecule has 1 aromatic rings. The van der Waals surface area contributed by atoms with Crippen molar-refractivity contribution in [3.8, 4) is 0 Å². The van der Waals surface area contributed by atoms with Gasteiger partial charge in [-0.2, -0.15) is 0 Å². The second-order valence-corrected chi connectivity index (χ2v) is 7.93. The molecule has 3 heteroatoms. The third kappa shape index (κ3) is 4.70. The van der Waals surface area contributed by atoms with Crippen molar-refractivity contribution in [3.63, 3.8) is 0 Å². The molecule has 1 fully saturated rings. The Bertz CT molecular complexity index is 413. The summed E-state index contributed by atoms with van der Waals surface area (Å²) in [6, 6.07) is 7.23. The van der Waals surface area contributed by atoms with Crippen LogP contribution in [0.15, 0.2) is 22.7 Å². The van der Waals surface area contributed by atoms with Crippen molar-refractivity contribution >= 4 is 38.5 Å². The Labute approximate surface area is 145 Å². The molecule has 0 saturated heterocycles. The average molecular weight is 450 g/mol. The summed E-state index contributed by atoms with van der Waals surface area (Å²) in [6.07, 6.45) is 9.61. The monoisotopic (exact) mass is 449 g/mol. The normalized spacial score (nSPS) is 18.8. The molecule has 1 unspecified atom stereocenters. The summed E-state index contributed by atoms with van der Waals surface area (Å²) in [5, 5.41) is 3.83. The molecule has 1 saturated carbocycles. The van der Waals surface area contributed by atoms with Crippen LogP contribution in [0.25, 0.3) is 0 Å². The van der Waals surface area contributed by atoms with Gasteiger partial charge in [-0.25, -0.2) is 0 Å². The van der Waals surface area contributed by atoms with Crippen LogP contribution in [0, 0.1) is 9.49 Å². The van der Waals surface area contributed by atoms with Crippen molar-refractivity contribution in [2.45, 2.75) is 57.9 Å². The molecule has 2 rings (SSSR count). The Balaban J connectivity index is 2.22. The molecule has 0 amide bonds. The van der Waals surface area contributed by atoms with E-state index in [0.29, 0.717) is 6.04 Å². The highest BCUT2D eigenvalue weighted by Crippen LogP contribution is 2.36. The van der Waals surface area contributed by atoms with Gasteiger partial charge in [0.2, 0.25) is 0 Å². The van der Waals surface area contributed by atoms with Crippen LogP contribution in [0.1, 0.15) is 63.5 Å². The van der Waals surface area contributed by atoms with E-state index in [0.717, 1.165) is 12.5 Å². The molecule has 1 aliphatic rings. The van der Waals surface area contributed by atoms with Gasteiger partial charge in [-0.15, -0.1) is 0 Å². The molecule has 0 radical (unpaired) electrons. The third-order valence-corrected chi connectivity index (χ3v) is 5.75. The molecular formula is C17H25BrIN. The Morgan fingerprint density at radius 3 is 2.60 bits per heavy atom. The SMILES string of the molecule is CCCNC(c1cc(Br)ccc1I)C1CCCCCC1. The predicted molar refractivity (Wildman–Crippen MR) is 99.1 cm³/mol. The van der Waals surface area contributed by atoms with E-state index >= 15 is 0 Å². The highest BCUT2D eigenvalue weighted by molar-refractivity contribution is 14.1. The maximum absolute atomic E-state index is 3.83. The van der Waals surface area contributed by atoms with E-state index in [9.17, 15) is 0 Å². The summed E-state index contributed by atoms with van der Waals surface area (Å²) in [4.78, 5) is 0. The predicted octanol–water partition coefficient (Wildman–Crippen LogP) is 6.06. The molecule has 112 valence electrons. The zero-order chi connectivity index (χ0) is 14.4. The molecule has 1 atom stereocenters. The Morgan fingerprint density at radius 2 is 1.95 bits per heavy atom. The van der Waals surface area contributed by atoms with Crippen molar-refractivity contribution in [3.05, 3.63) is 31.8 Å². The number of nitrogens with one attached hydrogen (secondary N) is 1. The molecule has 1 aliphatic carbocycles. The molecule has 0 heterocycles. The highest BCUT2D eigenvalue weighted by atomic mass is 127. The summed E-state index contributed by atoms with van der Waals surface area (Å²) in [7, 11) is 0. The maximum atomic E-state index is 3.83. The molecule has 0 aliphatic heterocycles. The summed E-state index contributed by atoms with van der Waals surface area (Å²) in [5.41, 5.74) is 1.49. The topological polar surface area (TPSA) is 12.0 Å². The lowest BCUT2D eigenvalue weighted by Crippen LogP contribution is -2.29. The maximum Gasteiger partial charge on any atom is 0.0359 e. The molecule has 1 N–H and O–H groups in total. The number of hydrogen-bond donors (Lipinski definition) is 1. The fourth-order valence-corrected chi connectivity index (χ4v) is 4.28. The van der Waals surface area contributed by atoms with Gasteiger partial charge in [0.05, 0.1) is 0 Å². The molecular weight excluding hydrogens is 425 g/mol. The van der Waals surface area contributed by atoms with Crippen molar-refractivity contribution in [1.82, 2.24) is 5.32 Å². The van der Waals surface area contributed by atoms with Gasteiger partial charge < -0.3 is 5.32 Å². The minimum absolute atomic E-state index is 0.525. The van der Waals surface area contributed by atoms with E-state index in [1.807, 2.05) is 0 Å². The van der Waals surface area contributed by atoms with Crippen LogP contribution in [0.2, 0.25) is 0 Å². The van der Waals surface area contributed by atoms with Gasteiger partial charge in [0.25, 0.3) is 0 Å². The minimum atomic E-state index is 0.525. The molecule has 1 aromatic carbocycles. The first kappa shape index (κ1) is 16.8. The first-order valence-corrected chi connectivity index (χ1v) is 9.78. The van der Waals surface area contributed by atoms with E-state index in [2.05, 4.69) is 69.0 Å². The second kappa shape index (κ2) is 8.74. The first-order valence-electron chi connectivity index (χ1n) is 7.90. The summed E-state index contributed by atoms with van der Waals surface area (Å²) in [5.74, 6) is 0.798. The molecule has 20 heavy (non-hydrogen) atoms. The Morgan fingerprint density at radius 1 is 1.25 bits per heavy atom. The quantitative estimate of drug-likeness (QED) is 0.425. The lowest BCUT2D eigenvalue weighted by atomic mass is 9.87. The standard InChI is InChI=1S/C17H25BrIN/c1-2-11-20-17(13-7-5-3-4-6-8-13)15-12-14(18)9-10-16(15)19/h9-10,12-13,17,20H,2-8,11H2,1H3. The van der Waals surface area contributed by atoms with Crippen molar-refractivity contribution < 1.29 is 0 Å². The van der Waals surface area contributed by atoms with Crippen LogP contribution < -0.4 is 5.32 Å². The van der Waals surface area contributed by atoms with Crippen LogP contribution in [-0.4, -0.2) is 6.54 Å². The van der Waals surface area contributed by atoms with E-state index < -0.39 is 0 Å². The number of rotatable bonds is 5. The van der Waals surface area contributed by atoms with Crippen molar-refractivity contribution in [2.75, 3.05) is 6.54 Å². The molecule has 0 spiro atoms. The third-order valence-electron chi connectivity index (χ3n) is 4.28. The van der Waals surface area contributed by atoms with E-state index in [1.165, 1.54) is 58.6 Å². The van der Waals surface area contributed by atoms with Gasteiger partial charge in [0, 0.05) is 14.1 Å². The van der Waals surface area contributed by atoms with E-state index in [1.54, 1.807) is 0 Å². The van der Waals surface area contributed by atoms with E-state index in [-0.39, 0.29) is 0 Å². The number of halogens is 2. The Kier molecular flexibility index (Phi) is 7.32. The van der Waals surface area contributed by atoms with Gasteiger partial charge in [0.1, 0.15) is 0 Å². The summed E-state index contributed by atoms with van der Waals surface area (Å²) in [6.45, 7) is 3.37. The fourth-order valence-electron chi connectivity index (χ4n) is 3.23. The minimum Gasteiger partial charge on any atom is -0.310 e. The molecule has 0 aromatic heterocycles. The second-order valence-electron chi connectivity index (χ2n) is 5.85. The lowest BCUT2D eigenvalue weighted by molar-refractivity contribution is 0.325. The lowest BCUT2D eigenvalue weighted by Gasteiger charge is -2.29. The number of benzene rings is 1. The highest BCUT2D eigenvalue weighted by Gasteiger charge is 2.25. The zero-order valence-electron chi connectivity index (χ0n) is 12.3.